The Morgan fingerprint density at radius 1 is 1.32 bits per heavy atom. The molecule has 19 heavy (non-hydrogen) atoms. The molecule has 0 unspecified atom stereocenters. The van der Waals surface area contributed by atoms with Gasteiger partial charge in [-0.1, -0.05) is 19.1 Å². The zero-order chi connectivity index (χ0) is 13.9. The molecule has 106 valence electrons. The Labute approximate surface area is 115 Å². The number of esters is 1. The van der Waals surface area contributed by atoms with Gasteiger partial charge < -0.3 is 14.8 Å². The van der Waals surface area contributed by atoms with Crippen molar-refractivity contribution in [3.05, 3.63) is 29.8 Å². The topological polar surface area (TPSA) is 47.6 Å². The molecule has 1 rings (SSSR count). The number of hydrogen-bond acceptors (Lipinski definition) is 4. The molecule has 0 aliphatic heterocycles. The normalized spacial score (nSPS) is 10.2. The molecular formula is C15H23NO3. The standard InChI is InChI=1S/C15H23NO3/c1-3-9-19-15-7-4-6-14(11-15)12-16-8-5-10-18-13(2)17/h4,6-7,11,16H,3,5,8-10,12H2,1-2H3. The molecule has 1 aromatic rings. The third kappa shape index (κ3) is 7.47. The van der Waals surface area contributed by atoms with Crippen LogP contribution in [0.2, 0.25) is 0 Å². The quantitative estimate of drug-likeness (QED) is 0.550. The van der Waals surface area contributed by atoms with Crippen molar-refractivity contribution in [2.24, 2.45) is 0 Å². The second-order valence-corrected chi connectivity index (χ2v) is 4.37. The minimum Gasteiger partial charge on any atom is -0.494 e. The fraction of sp³-hybridized carbons (Fsp3) is 0.533. The molecule has 0 aliphatic carbocycles. The minimum absolute atomic E-state index is 0.222. The molecule has 0 radical (unpaired) electrons. The van der Waals surface area contributed by atoms with Gasteiger partial charge in [-0.15, -0.1) is 0 Å². The zero-order valence-corrected chi connectivity index (χ0v) is 11.8. The highest BCUT2D eigenvalue weighted by molar-refractivity contribution is 5.65. The van der Waals surface area contributed by atoms with Crippen LogP contribution in [0.15, 0.2) is 24.3 Å². The summed E-state index contributed by atoms with van der Waals surface area (Å²) in [7, 11) is 0. The SMILES string of the molecule is CCCOc1cccc(CNCCCOC(C)=O)c1. The summed E-state index contributed by atoms with van der Waals surface area (Å²) in [4.78, 5) is 10.6. The van der Waals surface area contributed by atoms with Crippen molar-refractivity contribution < 1.29 is 14.3 Å². The van der Waals surface area contributed by atoms with Gasteiger partial charge in [0.05, 0.1) is 13.2 Å². The van der Waals surface area contributed by atoms with E-state index in [1.54, 1.807) is 0 Å². The molecule has 0 aliphatic rings. The fourth-order valence-corrected chi connectivity index (χ4v) is 1.61. The average molecular weight is 265 g/mol. The van der Waals surface area contributed by atoms with E-state index >= 15 is 0 Å². The molecule has 0 aromatic heterocycles. The van der Waals surface area contributed by atoms with Gasteiger partial charge in [0, 0.05) is 13.5 Å². The van der Waals surface area contributed by atoms with Gasteiger partial charge in [-0.05, 0) is 37.1 Å². The van der Waals surface area contributed by atoms with E-state index in [1.807, 2.05) is 12.1 Å². The van der Waals surface area contributed by atoms with E-state index in [-0.39, 0.29) is 5.97 Å². The molecule has 0 atom stereocenters. The van der Waals surface area contributed by atoms with Gasteiger partial charge in [0.2, 0.25) is 0 Å². The van der Waals surface area contributed by atoms with Gasteiger partial charge in [0.25, 0.3) is 0 Å². The lowest BCUT2D eigenvalue weighted by molar-refractivity contribution is -0.141. The smallest absolute Gasteiger partial charge is 0.302 e. The van der Waals surface area contributed by atoms with Crippen molar-refractivity contribution in [1.29, 1.82) is 0 Å². The fourth-order valence-electron chi connectivity index (χ4n) is 1.61. The molecule has 0 bridgehead atoms. The maximum Gasteiger partial charge on any atom is 0.302 e. The molecule has 0 amide bonds. The van der Waals surface area contributed by atoms with Gasteiger partial charge in [0.1, 0.15) is 5.75 Å². The summed E-state index contributed by atoms with van der Waals surface area (Å²) in [5.74, 6) is 0.696. The van der Waals surface area contributed by atoms with Crippen LogP contribution >= 0.6 is 0 Å². The Morgan fingerprint density at radius 2 is 2.16 bits per heavy atom. The number of hydrogen-bond donors (Lipinski definition) is 1. The van der Waals surface area contributed by atoms with Crippen LogP contribution < -0.4 is 10.1 Å². The lowest BCUT2D eigenvalue weighted by Gasteiger charge is -2.08. The molecule has 4 nitrogen and oxygen atoms in total. The molecule has 1 aromatic carbocycles. The Balaban J connectivity index is 2.19. The van der Waals surface area contributed by atoms with Crippen LogP contribution in [-0.2, 0) is 16.1 Å². The molecule has 0 spiro atoms. The molecular weight excluding hydrogens is 242 g/mol. The van der Waals surface area contributed by atoms with Crippen LogP contribution in [0.1, 0.15) is 32.3 Å². The number of carbonyl (C=O) groups excluding carboxylic acids is 1. The number of carbonyl (C=O) groups is 1. The minimum atomic E-state index is -0.222. The first-order valence-corrected chi connectivity index (χ1v) is 6.78. The summed E-state index contributed by atoms with van der Waals surface area (Å²) < 4.78 is 10.4. The van der Waals surface area contributed by atoms with Gasteiger partial charge in [-0.25, -0.2) is 0 Å². The highest BCUT2D eigenvalue weighted by atomic mass is 16.5. The first-order chi connectivity index (χ1) is 9.22. The van der Waals surface area contributed by atoms with Gasteiger partial charge in [-0.3, -0.25) is 4.79 Å². The summed E-state index contributed by atoms with van der Waals surface area (Å²) in [5.41, 5.74) is 1.20. The number of benzene rings is 1. The Kier molecular flexibility index (Phi) is 7.66. The predicted octanol–water partition coefficient (Wildman–Crippen LogP) is 2.52. The largest absolute Gasteiger partial charge is 0.494 e. The van der Waals surface area contributed by atoms with Crippen LogP contribution in [0.4, 0.5) is 0 Å². The first kappa shape index (κ1) is 15.5. The number of rotatable bonds is 9. The average Bonchev–Trinajstić information content (AvgIpc) is 2.40. The van der Waals surface area contributed by atoms with Gasteiger partial charge in [0.15, 0.2) is 0 Å². The van der Waals surface area contributed by atoms with Crippen molar-refractivity contribution in [3.8, 4) is 5.75 Å². The summed E-state index contributed by atoms with van der Waals surface area (Å²) in [5, 5.41) is 3.31. The lowest BCUT2D eigenvalue weighted by atomic mass is 10.2. The van der Waals surface area contributed by atoms with Crippen LogP contribution in [0.3, 0.4) is 0 Å². The number of nitrogens with one attached hydrogen (secondary N) is 1. The first-order valence-electron chi connectivity index (χ1n) is 6.78. The predicted molar refractivity (Wildman–Crippen MR) is 75.2 cm³/mol. The third-order valence-corrected chi connectivity index (χ3v) is 2.50. The highest BCUT2D eigenvalue weighted by Gasteiger charge is 1.97. The molecule has 0 saturated carbocycles. The molecule has 1 N–H and O–H groups in total. The monoisotopic (exact) mass is 265 g/mol. The molecule has 0 saturated heterocycles. The Bertz CT molecular complexity index is 379. The third-order valence-electron chi connectivity index (χ3n) is 2.50. The van der Waals surface area contributed by atoms with E-state index < -0.39 is 0 Å². The molecule has 4 heteroatoms. The highest BCUT2D eigenvalue weighted by Crippen LogP contribution is 2.13. The van der Waals surface area contributed by atoms with Crippen molar-refractivity contribution >= 4 is 5.97 Å². The van der Waals surface area contributed by atoms with Crippen molar-refractivity contribution in [2.75, 3.05) is 19.8 Å². The van der Waals surface area contributed by atoms with E-state index in [0.29, 0.717) is 6.61 Å². The van der Waals surface area contributed by atoms with Crippen LogP contribution in [0.5, 0.6) is 5.75 Å². The van der Waals surface area contributed by atoms with Crippen LogP contribution in [-0.4, -0.2) is 25.7 Å². The number of ether oxygens (including phenoxy) is 2. The summed E-state index contributed by atoms with van der Waals surface area (Å²) >= 11 is 0. The Hall–Kier alpha value is -1.55. The maximum absolute atomic E-state index is 10.6. The Morgan fingerprint density at radius 3 is 2.89 bits per heavy atom. The zero-order valence-electron chi connectivity index (χ0n) is 11.8. The van der Waals surface area contributed by atoms with E-state index in [4.69, 9.17) is 9.47 Å². The van der Waals surface area contributed by atoms with Crippen molar-refractivity contribution in [1.82, 2.24) is 5.32 Å². The molecule has 0 fully saturated rings. The molecule has 0 heterocycles. The summed E-state index contributed by atoms with van der Waals surface area (Å²) in [6, 6.07) is 8.09. The van der Waals surface area contributed by atoms with E-state index in [2.05, 4.69) is 24.4 Å². The van der Waals surface area contributed by atoms with Crippen molar-refractivity contribution in [3.63, 3.8) is 0 Å². The summed E-state index contributed by atoms with van der Waals surface area (Å²) in [6.07, 6.45) is 1.84. The van der Waals surface area contributed by atoms with E-state index in [9.17, 15) is 4.79 Å². The maximum atomic E-state index is 10.6. The second-order valence-electron chi connectivity index (χ2n) is 4.37. The second kappa shape index (κ2) is 9.39. The lowest BCUT2D eigenvalue weighted by Crippen LogP contribution is -2.17. The van der Waals surface area contributed by atoms with Crippen LogP contribution in [0.25, 0.3) is 0 Å². The van der Waals surface area contributed by atoms with Crippen LogP contribution in [0, 0.1) is 0 Å². The van der Waals surface area contributed by atoms with Gasteiger partial charge >= 0.3 is 5.97 Å². The van der Waals surface area contributed by atoms with Crippen molar-refractivity contribution in [2.45, 2.75) is 33.2 Å². The van der Waals surface area contributed by atoms with Gasteiger partial charge in [-0.2, -0.15) is 0 Å². The van der Waals surface area contributed by atoms with E-state index in [1.165, 1.54) is 12.5 Å². The van der Waals surface area contributed by atoms with E-state index in [0.717, 1.165) is 38.3 Å². The summed E-state index contributed by atoms with van der Waals surface area (Å²) in [6.45, 7) is 6.36.